The molecule has 1 aromatic carbocycles. The Morgan fingerprint density at radius 2 is 2.17 bits per heavy atom. The Hall–Kier alpha value is -1.13. The summed E-state index contributed by atoms with van der Waals surface area (Å²) in [5.74, 6) is 0. The van der Waals surface area contributed by atoms with Crippen molar-refractivity contribution in [2.45, 2.75) is 4.90 Å². The predicted octanol–water partition coefficient (Wildman–Crippen LogP) is 1.27. The molecule has 0 radical (unpaired) electrons. The topological polar surface area (TPSA) is 89.3 Å². The monoisotopic (exact) mass is 289 g/mol. The van der Waals surface area contributed by atoms with Crippen molar-refractivity contribution in [3.63, 3.8) is 0 Å². The van der Waals surface area contributed by atoms with Gasteiger partial charge in [-0.1, -0.05) is 11.0 Å². The van der Waals surface area contributed by atoms with E-state index in [1.165, 1.54) is 13.2 Å². The van der Waals surface area contributed by atoms with Gasteiger partial charge in [-0.05, 0) is 12.1 Å². The molecular weight excluding hydrogens is 278 g/mol. The summed E-state index contributed by atoms with van der Waals surface area (Å²) in [5, 5.41) is 0. The molecule has 1 aliphatic rings. The van der Waals surface area contributed by atoms with E-state index in [1.807, 2.05) is 4.89 Å². The Kier molecular flexibility index (Phi) is 4.19. The third kappa shape index (κ3) is 2.82. The summed E-state index contributed by atoms with van der Waals surface area (Å²) >= 11 is 0.962. The van der Waals surface area contributed by atoms with Crippen molar-refractivity contribution in [1.29, 1.82) is 0 Å². The number of benzene rings is 1. The first-order valence-electron chi connectivity index (χ1n) is 4.99. The summed E-state index contributed by atoms with van der Waals surface area (Å²) in [7, 11) is -2.26. The third-order valence-electron chi connectivity index (χ3n) is 2.10. The average molecular weight is 289 g/mol. The number of rotatable bonds is 6. The van der Waals surface area contributed by atoms with Crippen LogP contribution in [0.2, 0.25) is 0 Å². The Bertz CT molecular complexity index is 608. The number of ether oxygens (including phenoxy) is 1. The van der Waals surface area contributed by atoms with E-state index >= 15 is 0 Å². The minimum Gasteiger partial charge on any atom is -0.382 e. The van der Waals surface area contributed by atoms with Gasteiger partial charge in [-0.2, -0.15) is 8.73 Å². The summed E-state index contributed by atoms with van der Waals surface area (Å²) in [6, 6.07) is 4.75. The van der Waals surface area contributed by atoms with Crippen molar-refractivity contribution < 1.29 is 18.0 Å². The van der Waals surface area contributed by atoms with E-state index in [-0.39, 0.29) is 11.5 Å². The van der Waals surface area contributed by atoms with Gasteiger partial charge in [0, 0.05) is 7.11 Å². The summed E-state index contributed by atoms with van der Waals surface area (Å²) in [4.78, 5) is 6.88. The lowest BCUT2D eigenvalue weighted by molar-refractivity contribution is 0.0438. The molecule has 0 fully saturated rings. The van der Waals surface area contributed by atoms with E-state index in [4.69, 9.17) is 9.57 Å². The highest BCUT2D eigenvalue weighted by molar-refractivity contribution is 7.89. The maximum absolute atomic E-state index is 12.0. The molecule has 98 valence electrons. The van der Waals surface area contributed by atoms with Crippen LogP contribution >= 0.6 is 0 Å². The normalized spacial score (nSPS) is 13.4. The average Bonchev–Trinajstić information content (AvgIpc) is 2.82. The van der Waals surface area contributed by atoms with Gasteiger partial charge in [0.05, 0.1) is 24.6 Å². The molecule has 0 atom stereocenters. The van der Waals surface area contributed by atoms with Crippen molar-refractivity contribution in [3.05, 3.63) is 18.2 Å². The van der Waals surface area contributed by atoms with Gasteiger partial charge in [-0.25, -0.2) is 8.42 Å². The van der Waals surface area contributed by atoms with Gasteiger partial charge in [0.1, 0.15) is 16.3 Å². The highest BCUT2D eigenvalue weighted by Crippen LogP contribution is 2.37. The van der Waals surface area contributed by atoms with Crippen LogP contribution in [-0.4, -0.2) is 28.7 Å². The van der Waals surface area contributed by atoms with Gasteiger partial charge < -0.3 is 4.74 Å². The second kappa shape index (κ2) is 5.67. The molecule has 1 aromatic rings. The molecule has 0 saturated heterocycles. The van der Waals surface area contributed by atoms with E-state index in [0.29, 0.717) is 18.0 Å². The lowest BCUT2D eigenvalue weighted by Crippen LogP contribution is -2.25. The molecular formula is C9H11N3O4S2. The Labute approximate surface area is 108 Å². The molecule has 1 aliphatic heterocycles. The van der Waals surface area contributed by atoms with Crippen LogP contribution in [0.15, 0.2) is 31.8 Å². The smallest absolute Gasteiger partial charge is 0.264 e. The van der Waals surface area contributed by atoms with Crippen molar-refractivity contribution in [1.82, 2.24) is 4.89 Å². The molecule has 0 aliphatic carbocycles. The minimum absolute atomic E-state index is 0.0474. The van der Waals surface area contributed by atoms with Crippen LogP contribution in [0.25, 0.3) is 0 Å². The number of sulfonamides is 1. The van der Waals surface area contributed by atoms with Gasteiger partial charge in [0.25, 0.3) is 10.0 Å². The fourth-order valence-corrected chi connectivity index (χ4v) is 2.89. The maximum atomic E-state index is 12.0. The lowest BCUT2D eigenvalue weighted by atomic mass is 10.3. The van der Waals surface area contributed by atoms with E-state index in [1.54, 1.807) is 12.1 Å². The van der Waals surface area contributed by atoms with Crippen molar-refractivity contribution in [2.24, 2.45) is 8.73 Å². The van der Waals surface area contributed by atoms with Gasteiger partial charge in [0.15, 0.2) is 0 Å². The van der Waals surface area contributed by atoms with Gasteiger partial charge >= 0.3 is 0 Å². The number of nitrogens with zero attached hydrogens (tertiary/aromatic N) is 2. The van der Waals surface area contributed by atoms with Crippen LogP contribution in [-0.2, 0) is 31.0 Å². The van der Waals surface area contributed by atoms with E-state index in [9.17, 15) is 8.42 Å². The highest BCUT2D eigenvalue weighted by Gasteiger charge is 2.22. The number of fused-ring (bicyclic) bond motifs is 1. The lowest BCUT2D eigenvalue weighted by Gasteiger charge is -2.08. The van der Waals surface area contributed by atoms with Crippen molar-refractivity contribution in [2.75, 3.05) is 20.3 Å². The SMILES string of the molecule is COCCONS(=O)(=O)c1cccc2c1N=S=N2. The van der Waals surface area contributed by atoms with Gasteiger partial charge in [-0.3, -0.25) is 4.84 Å². The molecule has 1 heterocycles. The zero-order chi connectivity index (χ0) is 13.0. The molecule has 0 bridgehead atoms. The summed E-state index contributed by atoms with van der Waals surface area (Å²) in [6.07, 6.45) is 0. The zero-order valence-electron chi connectivity index (χ0n) is 9.49. The molecule has 0 saturated carbocycles. The molecule has 0 aromatic heterocycles. The van der Waals surface area contributed by atoms with Crippen LogP contribution in [0.3, 0.4) is 0 Å². The third-order valence-corrected chi connectivity index (χ3v) is 3.88. The largest absolute Gasteiger partial charge is 0.382 e. The van der Waals surface area contributed by atoms with E-state index < -0.39 is 10.0 Å². The zero-order valence-corrected chi connectivity index (χ0v) is 11.1. The second-order valence-electron chi connectivity index (χ2n) is 3.32. The molecule has 18 heavy (non-hydrogen) atoms. The molecule has 2 rings (SSSR count). The molecule has 0 unspecified atom stereocenters. The standard InChI is InChI=1S/C9H11N3O4S2/c1-15-5-6-16-12-18(13,14)8-4-2-3-7-9(8)11-17-10-7/h2-4,12H,5-6H2,1H3. The van der Waals surface area contributed by atoms with E-state index in [2.05, 4.69) is 8.73 Å². The molecule has 0 amide bonds. The predicted molar refractivity (Wildman–Crippen MR) is 66.1 cm³/mol. The van der Waals surface area contributed by atoms with Crippen molar-refractivity contribution in [3.8, 4) is 0 Å². The van der Waals surface area contributed by atoms with Crippen LogP contribution in [0.1, 0.15) is 0 Å². The maximum Gasteiger partial charge on any atom is 0.264 e. The fraction of sp³-hybridized carbons (Fsp3) is 0.333. The van der Waals surface area contributed by atoms with Gasteiger partial charge in [0.2, 0.25) is 0 Å². The van der Waals surface area contributed by atoms with Crippen molar-refractivity contribution >= 4 is 32.8 Å². The van der Waals surface area contributed by atoms with E-state index in [0.717, 1.165) is 11.4 Å². The van der Waals surface area contributed by atoms with Crippen LogP contribution in [0, 0.1) is 0 Å². The first kappa shape index (κ1) is 13.3. The fourth-order valence-electron chi connectivity index (χ4n) is 1.29. The quantitative estimate of drug-likeness (QED) is 0.640. The van der Waals surface area contributed by atoms with Crippen LogP contribution in [0.5, 0.6) is 0 Å². The number of nitrogens with one attached hydrogen (secondary N) is 1. The second-order valence-corrected chi connectivity index (χ2v) is 5.46. The number of hydrogen-bond acceptors (Lipinski definition) is 6. The Balaban J connectivity index is 2.16. The first-order chi connectivity index (χ1) is 8.65. The summed E-state index contributed by atoms with van der Waals surface area (Å²) in [5.41, 5.74) is 0.880. The molecule has 7 nitrogen and oxygen atoms in total. The molecule has 1 N–H and O–H groups in total. The Morgan fingerprint density at radius 3 is 2.94 bits per heavy atom. The minimum atomic E-state index is -3.76. The highest BCUT2D eigenvalue weighted by atomic mass is 32.2. The molecule has 0 spiro atoms. The van der Waals surface area contributed by atoms with Crippen LogP contribution < -0.4 is 4.89 Å². The number of methoxy groups -OCH3 is 1. The number of hydrogen-bond donors (Lipinski definition) is 1. The summed E-state index contributed by atoms with van der Waals surface area (Å²) < 4.78 is 36.6. The summed E-state index contributed by atoms with van der Waals surface area (Å²) in [6.45, 7) is 0.423. The van der Waals surface area contributed by atoms with Gasteiger partial charge in [-0.15, -0.1) is 0 Å². The Morgan fingerprint density at radius 1 is 1.33 bits per heavy atom. The molecule has 9 heteroatoms. The van der Waals surface area contributed by atoms with Crippen LogP contribution in [0.4, 0.5) is 11.4 Å². The first-order valence-corrected chi connectivity index (χ1v) is 7.20.